The van der Waals surface area contributed by atoms with Crippen LogP contribution in [0, 0.1) is 6.92 Å². The molecule has 1 unspecified atom stereocenters. The Morgan fingerprint density at radius 3 is 2.69 bits per heavy atom. The van der Waals surface area contributed by atoms with Crippen LogP contribution in [0.2, 0.25) is 0 Å². The number of carbonyl (C=O) groups excluding carboxylic acids is 4. The molecule has 0 radical (unpaired) electrons. The molecule has 1 fully saturated rings. The van der Waals surface area contributed by atoms with Crippen molar-refractivity contribution in [3.63, 3.8) is 0 Å². The van der Waals surface area contributed by atoms with E-state index < -0.39 is 29.7 Å². The minimum absolute atomic E-state index is 0.100. The van der Waals surface area contributed by atoms with E-state index in [1.165, 1.54) is 0 Å². The molecule has 1 N–H and O–H groups in total. The summed E-state index contributed by atoms with van der Waals surface area (Å²) < 4.78 is 5.11. The Balaban J connectivity index is 1.60. The fraction of sp³-hybridized carbons (Fsp3) is 0.500. The van der Waals surface area contributed by atoms with Crippen LogP contribution in [0.5, 0.6) is 0 Å². The van der Waals surface area contributed by atoms with E-state index in [4.69, 9.17) is 4.52 Å². The van der Waals surface area contributed by atoms with Crippen molar-refractivity contribution in [1.29, 1.82) is 0 Å². The zero-order valence-electron chi connectivity index (χ0n) is 14.2. The fourth-order valence-corrected chi connectivity index (χ4v) is 3.63. The van der Waals surface area contributed by atoms with E-state index in [0.717, 1.165) is 4.90 Å². The van der Waals surface area contributed by atoms with Crippen molar-refractivity contribution < 1.29 is 23.7 Å². The maximum Gasteiger partial charge on any atom is 0.278 e. The first-order chi connectivity index (χ1) is 12.5. The van der Waals surface area contributed by atoms with E-state index in [1.807, 2.05) is 0 Å². The van der Waals surface area contributed by atoms with Crippen LogP contribution >= 0.6 is 0 Å². The van der Waals surface area contributed by atoms with Gasteiger partial charge < -0.3 is 9.42 Å². The lowest BCUT2D eigenvalue weighted by Crippen LogP contribution is -2.55. The second-order valence-electron chi connectivity index (χ2n) is 6.53. The first-order valence-electron chi connectivity index (χ1n) is 8.44. The Bertz CT molecular complexity index is 857. The summed E-state index contributed by atoms with van der Waals surface area (Å²) >= 11 is 0. The molecule has 3 aliphatic rings. The van der Waals surface area contributed by atoms with Crippen molar-refractivity contribution >= 4 is 23.6 Å². The molecule has 1 aromatic rings. The standard InChI is InChI=1S/C16H17N5O5/c1-8-17-12(26-19-8)7-20-6-2-3-9-13(20)16(25)21(15(9)24)10-4-5-11(22)18-14(10)23/h10H,2-7H2,1H3,(H,18,22,23). The third-order valence-electron chi connectivity index (χ3n) is 4.77. The highest BCUT2D eigenvalue weighted by Gasteiger charge is 2.48. The first-order valence-corrected chi connectivity index (χ1v) is 8.44. The molecule has 0 aliphatic carbocycles. The summed E-state index contributed by atoms with van der Waals surface area (Å²) in [6, 6.07) is -0.953. The van der Waals surface area contributed by atoms with Gasteiger partial charge in [0, 0.05) is 18.5 Å². The molecular formula is C16H17N5O5. The molecule has 26 heavy (non-hydrogen) atoms. The molecule has 4 rings (SSSR count). The number of hydrogen-bond donors (Lipinski definition) is 1. The van der Waals surface area contributed by atoms with E-state index in [1.54, 1.807) is 11.8 Å². The third kappa shape index (κ3) is 2.57. The van der Waals surface area contributed by atoms with Crippen molar-refractivity contribution in [2.75, 3.05) is 6.54 Å². The number of carbonyl (C=O) groups is 4. The first kappa shape index (κ1) is 16.4. The third-order valence-corrected chi connectivity index (χ3v) is 4.77. The molecule has 0 aromatic carbocycles. The van der Waals surface area contributed by atoms with Crippen molar-refractivity contribution in [2.45, 2.75) is 45.2 Å². The molecular weight excluding hydrogens is 342 g/mol. The number of aryl methyl sites for hydroxylation is 1. The fourth-order valence-electron chi connectivity index (χ4n) is 3.63. The number of hydrogen-bond acceptors (Lipinski definition) is 8. The molecule has 0 spiro atoms. The van der Waals surface area contributed by atoms with Gasteiger partial charge in [0.2, 0.25) is 17.7 Å². The SMILES string of the molecule is Cc1noc(CN2CCCC3=C2C(=O)N(C2CCC(=O)NC2=O)C3=O)n1. The van der Waals surface area contributed by atoms with Crippen LogP contribution in [0.4, 0.5) is 0 Å². The summed E-state index contributed by atoms with van der Waals surface area (Å²) in [6.45, 7) is 2.49. The molecule has 4 amide bonds. The van der Waals surface area contributed by atoms with Gasteiger partial charge in [-0.25, -0.2) is 0 Å². The van der Waals surface area contributed by atoms with Crippen LogP contribution in [0.1, 0.15) is 37.4 Å². The van der Waals surface area contributed by atoms with Gasteiger partial charge in [-0.15, -0.1) is 0 Å². The average Bonchev–Trinajstić information content (AvgIpc) is 3.11. The Labute approximate surface area is 148 Å². The van der Waals surface area contributed by atoms with Gasteiger partial charge in [-0.1, -0.05) is 5.16 Å². The zero-order valence-corrected chi connectivity index (χ0v) is 14.2. The summed E-state index contributed by atoms with van der Waals surface area (Å²) in [5, 5.41) is 5.92. The van der Waals surface area contributed by atoms with Crippen molar-refractivity contribution in [3.8, 4) is 0 Å². The number of nitrogens with zero attached hydrogens (tertiary/aromatic N) is 4. The van der Waals surface area contributed by atoms with Crippen molar-refractivity contribution in [1.82, 2.24) is 25.3 Å². The number of aromatic nitrogens is 2. The van der Waals surface area contributed by atoms with Crippen LogP contribution in [0.15, 0.2) is 15.8 Å². The molecule has 10 heteroatoms. The lowest BCUT2D eigenvalue weighted by molar-refractivity contribution is -0.150. The number of rotatable bonds is 3. The van der Waals surface area contributed by atoms with Crippen LogP contribution in [0.3, 0.4) is 0 Å². The Hall–Kier alpha value is -3.04. The molecule has 136 valence electrons. The maximum absolute atomic E-state index is 13.0. The van der Waals surface area contributed by atoms with Crippen LogP contribution < -0.4 is 5.32 Å². The Morgan fingerprint density at radius 1 is 1.19 bits per heavy atom. The average molecular weight is 359 g/mol. The molecule has 10 nitrogen and oxygen atoms in total. The van der Waals surface area contributed by atoms with Gasteiger partial charge in [0.25, 0.3) is 11.8 Å². The molecule has 1 saturated heterocycles. The lowest BCUT2D eigenvalue weighted by atomic mass is 10.0. The van der Waals surface area contributed by atoms with Crippen LogP contribution in [0.25, 0.3) is 0 Å². The normalized spacial score (nSPS) is 23.7. The molecule has 1 aromatic heterocycles. The highest BCUT2D eigenvalue weighted by atomic mass is 16.5. The minimum atomic E-state index is -0.953. The van der Waals surface area contributed by atoms with Crippen molar-refractivity contribution in [3.05, 3.63) is 23.0 Å². The largest absolute Gasteiger partial charge is 0.357 e. The Kier molecular flexibility index (Phi) is 3.82. The monoisotopic (exact) mass is 359 g/mol. The van der Waals surface area contributed by atoms with Gasteiger partial charge in [0.15, 0.2) is 5.82 Å². The van der Waals surface area contributed by atoms with E-state index in [0.29, 0.717) is 42.4 Å². The van der Waals surface area contributed by atoms with E-state index in [9.17, 15) is 19.2 Å². The zero-order chi connectivity index (χ0) is 18.4. The number of amides is 4. The second kappa shape index (κ2) is 6.04. The van der Waals surface area contributed by atoms with E-state index in [2.05, 4.69) is 15.5 Å². The van der Waals surface area contributed by atoms with Gasteiger partial charge in [-0.05, 0) is 26.2 Å². The Morgan fingerprint density at radius 2 is 2.00 bits per heavy atom. The topological polar surface area (TPSA) is 126 Å². The van der Waals surface area contributed by atoms with Gasteiger partial charge >= 0.3 is 0 Å². The van der Waals surface area contributed by atoms with Gasteiger partial charge in [0.05, 0.1) is 6.54 Å². The predicted molar refractivity (Wildman–Crippen MR) is 83.7 cm³/mol. The number of nitrogens with one attached hydrogen (secondary N) is 1. The van der Waals surface area contributed by atoms with Crippen LogP contribution in [-0.2, 0) is 25.7 Å². The summed E-state index contributed by atoms with van der Waals surface area (Å²) in [5.74, 6) is -1.11. The highest BCUT2D eigenvalue weighted by molar-refractivity contribution is 6.21. The summed E-state index contributed by atoms with van der Waals surface area (Å²) in [6.07, 6.45) is 1.42. The summed E-state index contributed by atoms with van der Waals surface area (Å²) in [5.41, 5.74) is 0.698. The van der Waals surface area contributed by atoms with E-state index >= 15 is 0 Å². The second-order valence-corrected chi connectivity index (χ2v) is 6.53. The molecule has 4 heterocycles. The predicted octanol–water partition coefficient (Wildman–Crippen LogP) is -0.598. The van der Waals surface area contributed by atoms with E-state index in [-0.39, 0.29) is 19.4 Å². The highest BCUT2D eigenvalue weighted by Crippen LogP contribution is 2.34. The lowest BCUT2D eigenvalue weighted by Gasteiger charge is -2.29. The van der Waals surface area contributed by atoms with Gasteiger partial charge in [-0.2, -0.15) is 4.98 Å². The number of piperidine rings is 1. The molecule has 3 aliphatic heterocycles. The molecule has 0 bridgehead atoms. The summed E-state index contributed by atoms with van der Waals surface area (Å²) in [7, 11) is 0. The summed E-state index contributed by atoms with van der Waals surface area (Å²) in [4.78, 5) is 56.1. The minimum Gasteiger partial charge on any atom is -0.357 e. The van der Waals surface area contributed by atoms with Gasteiger partial charge in [0.1, 0.15) is 11.7 Å². The van der Waals surface area contributed by atoms with Crippen molar-refractivity contribution in [2.24, 2.45) is 0 Å². The molecule has 1 atom stereocenters. The van der Waals surface area contributed by atoms with Crippen LogP contribution in [-0.4, -0.2) is 56.2 Å². The smallest absolute Gasteiger partial charge is 0.278 e. The maximum atomic E-state index is 13.0. The van der Waals surface area contributed by atoms with Gasteiger partial charge in [-0.3, -0.25) is 29.4 Å². The number of imide groups is 2. The quantitative estimate of drug-likeness (QED) is 0.709. The molecule has 0 saturated carbocycles.